The number of carbonyl (C=O) groups is 2. The Hall–Kier alpha value is -1.77. The van der Waals surface area contributed by atoms with Crippen molar-refractivity contribution >= 4 is 19.8 Å². The van der Waals surface area contributed by atoms with Crippen molar-refractivity contribution in [1.29, 1.82) is 0 Å². The zero-order chi connectivity index (χ0) is 50.6. The lowest BCUT2D eigenvalue weighted by atomic mass is 10.0. The van der Waals surface area contributed by atoms with Crippen LogP contribution in [0.1, 0.15) is 277 Å². The zero-order valence-electron chi connectivity index (χ0n) is 46.1. The van der Waals surface area contributed by atoms with Gasteiger partial charge >= 0.3 is 19.8 Å². The van der Waals surface area contributed by atoms with Crippen LogP contribution in [0.15, 0.2) is 36.5 Å². The van der Waals surface area contributed by atoms with Gasteiger partial charge in [-0.25, -0.2) is 4.57 Å². The number of unbranched alkanes of at least 4 members (excludes halogenated alkanes) is 34. The molecule has 0 fully saturated rings. The molecule has 0 aliphatic carbocycles. The predicted octanol–water partition coefficient (Wildman–Crippen LogP) is 18.0. The summed E-state index contributed by atoms with van der Waals surface area (Å²) in [6.45, 7) is 4.43. The molecule has 0 aromatic rings. The number of hydrogen-bond donors (Lipinski definition) is 1. The Kier molecular flexibility index (Phi) is 49.8. The zero-order valence-corrected chi connectivity index (χ0v) is 47.0. The number of nitrogens with zero attached hydrogens (tertiary/aromatic N) is 1. The van der Waals surface area contributed by atoms with Crippen molar-refractivity contribution in [2.45, 2.75) is 283 Å². The van der Waals surface area contributed by atoms with Crippen molar-refractivity contribution in [2.24, 2.45) is 0 Å². The van der Waals surface area contributed by atoms with Crippen LogP contribution >= 0.6 is 7.82 Å². The number of esters is 2. The van der Waals surface area contributed by atoms with Gasteiger partial charge in [0.1, 0.15) is 19.8 Å². The van der Waals surface area contributed by atoms with Gasteiger partial charge in [-0.3, -0.25) is 18.6 Å². The molecule has 0 amide bonds. The molecule has 0 spiro atoms. The van der Waals surface area contributed by atoms with Crippen LogP contribution in [0.2, 0.25) is 0 Å². The summed E-state index contributed by atoms with van der Waals surface area (Å²) in [5, 5.41) is 0. The summed E-state index contributed by atoms with van der Waals surface area (Å²) in [5.41, 5.74) is 0. The summed E-state index contributed by atoms with van der Waals surface area (Å²) in [4.78, 5) is 35.6. The van der Waals surface area contributed by atoms with Crippen LogP contribution in [0.25, 0.3) is 0 Å². The Morgan fingerprint density at radius 1 is 0.449 bits per heavy atom. The van der Waals surface area contributed by atoms with Gasteiger partial charge in [-0.1, -0.05) is 230 Å². The molecule has 0 aromatic heterocycles. The Balaban J connectivity index is 4.07. The van der Waals surface area contributed by atoms with Crippen LogP contribution in [0, 0.1) is 0 Å². The normalized spacial score (nSPS) is 13.5. The Labute approximate surface area is 427 Å². The molecular formula is C59H113NO8P+. The van der Waals surface area contributed by atoms with Crippen molar-refractivity contribution in [3.63, 3.8) is 0 Å². The topological polar surface area (TPSA) is 108 Å². The highest BCUT2D eigenvalue weighted by Gasteiger charge is 2.27. The number of phosphoric ester groups is 1. The van der Waals surface area contributed by atoms with Crippen molar-refractivity contribution < 1.29 is 42.1 Å². The number of carbonyl (C=O) groups excluding carboxylic acids is 2. The monoisotopic (exact) mass is 995 g/mol. The molecule has 0 saturated heterocycles. The smallest absolute Gasteiger partial charge is 0.462 e. The number of likely N-dealkylation sites (N-methyl/N-ethyl adjacent to an activating group) is 1. The van der Waals surface area contributed by atoms with E-state index in [1.807, 2.05) is 21.1 Å². The molecule has 0 heterocycles. The Bertz CT molecular complexity index is 1260. The van der Waals surface area contributed by atoms with E-state index in [1.165, 1.54) is 186 Å². The highest BCUT2D eigenvalue weighted by molar-refractivity contribution is 7.47. The van der Waals surface area contributed by atoms with Crippen LogP contribution in [0.3, 0.4) is 0 Å². The Morgan fingerprint density at radius 3 is 1.17 bits per heavy atom. The minimum atomic E-state index is -4.39. The second-order valence-corrected chi connectivity index (χ2v) is 22.5. The molecule has 69 heavy (non-hydrogen) atoms. The molecule has 0 aromatic carbocycles. The summed E-state index contributed by atoms with van der Waals surface area (Å²) in [5.74, 6) is -0.802. The highest BCUT2D eigenvalue weighted by Crippen LogP contribution is 2.43. The van der Waals surface area contributed by atoms with Gasteiger partial charge in [0, 0.05) is 12.8 Å². The molecule has 9 nitrogen and oxygen atoms in total. The molecule has 0 radical (unpaired) electrons. The van der Waals surface area contributed by atoms with E-state index in [1.54, 1.807) is 0 Å². The largest absolute Gasteiger partial charge is 0.472 e. The van der Waals surface area contributed by atoms with Gasteiger partial charge in [-0.15, -0.1) is 0 Å². The fourth-order valence-corrected chi connectivity index (χ4v) is 9.08. The molecule has 0 aliphatic rings. The van der Waals surface area contributed by atoms with E-state index < -0.39 is 26.5 Å². The van der Waals surface area contributed by atoms with Crippen molar-refractivity contribution in [1.82, 2.24) is 0 Å². The third-order valence-electron chi connectivity index (χ3n) is 12.9. The van der Waals surface area contributed by atoms with Crippen LogP contribution in [0.4, 0.5) is 0 Å². The molecule has 0 saturated carbocycles. The molecule has 2 unspecified atom stereocenters. The maximum absolute atomic E-state index is 12.8. The van der Waals surface area contributed by atoms with Crippen LogP contribution in [-0.2, 0) is 32.7 Å². The number of hydrogen-bond acceptors (Lipinski definition) is 7. The van der Waals surface area contributed by atoms with Crippen molar-refractivity contribution in [3.8, 4) is 0 Å². The summed E-state index contributed by atoms with van der Waals surface area (Å²) in [6, 6.07) is 0. The van der Waals surface area contributed by atoms with E-state index in [4.69, 9.17) is 18.5 Å². The number of quaternary nitrogens is 1. The standard InChI is InChI=1S/C59H112NO8P/c1-6-8-10-12-14-16-18-20-22-24-25-26-27-28-29-30-31-32-33-34-35-36-38-39-41-43-45-47-49-51-58(61)65-55-57(56-67-69(63,64)66-54-53-60(3,4)5)68-59(62)52-50-48-46-44-42-40-37-23-21-19-17-15-13-11-9-7-2/h17,19,23-25,37,57H,6-16,18,20-22,26-36,38-56H2,1-5H3/p+1/b19-17-,25-24-,37-23-. The lowest BCUT2D eigenvalue weighted by Crippen LogP contribution is -2.37. The maximum Gasteiger partial charge on any atom is 0.472 e. The second-order valence-electron chi connectivity index (χ2n) is 21.0. The van der Waals surface area contributed by atoms with Crippen molar-refractivity contribution in [3.05, 3.63) is 36.5 Å². The first kappa shape index (κ1) is 67.2. The minimum Gasteiger partial charge on any atom is -0.462 e. The fourth-order valence-electron chi connectivity index (χ4n) is 8.34. The minimum absolute atomic E-state index is 0.0299. The first-order valence-electron chi connectivity index (χ1n) is 29.2. The molecular weight excluding hydrogens is 882 g/mol. The molecule has 10 heteroatoms. The van der Waals surface area contributed by atoms with E-state index in [-0.39, 0.29) is 32.0 Å². The van der Waals surface area contributed by atoms with Gasteiger partial charge in [0.25, 0.3) is 0 Å². The molecule has 0 aliphatic heterocycles. The molecule has 2 atom stereocenters. The molecule has 0 bridgehead atoms. The van der Waals surface area contributed by atoms with E-state index in [0.29, 0.717) is 17.4 Å². The number of rotatable bonds is 54. The summed E-state index contributed by atoms with van der Waals surface area (Å²) in [7, 11) is 1.48. The Morgan fingerprint density at radius 2 is 0.783 bits per heavy atom. The predicted molar refractivity (Wildman–Crippen MR) is 294 cm³/mol. The van der Waals surface area contributed by atoms with E-state index in [9.17, 15) is 19.0 Å². The molecule has 406 valence electrons. The number of allylic oxidation sites excluding steroid dienone is 6. The van der Waals surface area contributed by atoms with Crippen molar-refractivity contribution in [2.75, 3.05) is 47.5 Å². The van der Waals surface area contributed by atoms with Gasteiger partial charge in [-0.05, 0) is 70.6 Å². The highest BCUT2D eigenvalue weighted by atomic mass is 31.2. The lowest BCUT2D eigenvalue weighted by Gasteiger charge is -2.24. The van der Waals surface area contributed by atoms with Gasteiger partial charge in [0.05, 0.1) is 27.7 Å². The van der Waals surface area contributed by atoms with E-state index in [0.717, 1.165) is 57.8 Å². The summed E-state index contributed by atoms with van der Waals surface area (Å²) in [6.07, 6.45) is 62.2. The summed E-state index contributed by atoms with van der Waals surface area (Å²) >= 11 is 0. The average Bonchev–Trinajstić information content (AvgIpc) is 3.31. The van der Waals surface area contributed by atoms with Gasteiger partial charge in [-0.2, -0.15) is 0 Å². The maximum atomic E-state index is 12.8. The van der Waals surface area contributed by atoms with E-state index in [2.05, 4.69) is 50.3 Å². The molecule has 0 rings (SSSR count). The van der Waals surface area contributed by atoms with Gasteiger partial charge < -0.3 is 18.9 Å². The summed E-state index contributed by atoms with van der Waals surface area (Å²) < 4.78 is 34.5. The second kappa shape index (κ2) is 51.1. The van der Waals surface area contributed by atoms with Crippen LogP contribution < -0.4 is 0 Å². The average molecular weight is 996 g/mol. The van der Waals surface area contributed by atoms with E-state index >= 15 is 0 Å². The first-order chi connectivity index (χ1) is 33.5. The van der Waals surface area contributed by atoms with Gasteiger partial charge in [0.15, 0.2) is 6.10 Å². The SMILES string of the molecule is CCCCCC/C=C\C/C=C\CCCCCCCC(=O)OC(COC(=O)CCCCCCCCCCCCCCCCCCC/C=C\CCCCCCCCCC)COP(=O)(O)OCC[N+](C)(C)C. The third kappa shape index (κ3) is 55.4. The lowest BCUT2D eigenvalue weighted by molar-refractivity contribution is -0.870. The quantitative estimate of drug-likeness (QED) is 0.0211. The van der Waals surface area contributed by atoms with Crippen LogP contribution in [-0.4, -0.2) is 74.9 Å². The van der Waals surface area contributed by atoms with Crippen LogP contribution in [0.5, 0.6) is 0 Å². The molecule has 1 N–H and O–H groups in total. The first-order valence-corrected chi connectivity index (χ1v) is 30.7. The fraction of sp³-hybridized carbons (Fsp3) is 0.864. The number of ether oxygens (including phenoxy) is 2. The third-order valence-corrected chi connectivity index (χ3v) is 13.9. The van der Waals surface area contributed by atoms with Gasteiger partial charge in [0.2, 0.25) is 0 Å². The number of phosphoric acid groups is 1.